The van der Waals surface area contributed by atoms with Crippen LogP contribution >= 0.6 is 0 Å². The Labute approximate surface area is 224 Å². The Morgan fingerprint density at radius 2 is 1.23 bits per heavy atom. The number of fused-ring (bicyclic) bond motifs is 5. The van der Waals surface area contributed by atoms with Gasteiger partial charge in [0.1, 0.15) is 22.8 Å². The van der Waals surface area contributed by atoms with Crippen LogP contribution in [0.4, 0.5) is 0 Å². The number of nitrogens with zero attached hydrogens (tertiary/aromatic N) is 2. The lowest BCUT2D eigenvalue weighted by molar-refractivity contribution is 0.667. The second kappa shape index (κ2) is 8.67. The molecule has 7 aromatic rings. The quantitative estimate of drug-likeness (QED) is 0.264. The summed E-state index contributed by atoms with van der Waals surface area (Å²) in [6, 6.07) is 44.0. The molecule has 1 aromatic heterocycles. The molecule has 184 valence electrons. The van der Waals surface area contributed by atoms with Crippen molar-refractivity contribution in [1.29, 1.82) is 0 Å². The van der Waals surface area contributed by atoms with Crippen molar-refractivity contribution in [3.63, 3.8) is 0 Å². The first-order chi connectivity index (χ1) is 19.3. The van der Waals surface area contributed by atoms with E-state index in [0.717, 1.165) is 55.7 Å². The van der Waals surface area contributed by atoms with Gasteiger partial charge in [-0.15, -0.1) is 0 Å². The molecule has 0 saturated carbocycles. The summed E-state index contributed by atoms with van der Waals surface area (Å²) in [7, 11) is 0. The Morgan fingerprint density at radius 1 is 0.538 bits per heavy atom. The maximum atomic E-state index is 6.20. The van der Waals surface area contributed by atoms with Gasteiger partial charge in [0, 0.05) is 27.5 Å². The maximum Gasteiger partial charge on any atom is 0.170 e. The maximum absolute atomic E-state index is 6.20. The van der Waals surface area contributed by atoms with Gasteiger partial charge in [-0.1, -0.05) is 109 Å². The first-order valence-electron chi connectivity index (χ1n) is 13.1. The van der Waals surface area contributed by atoms with E-state index in [0.29, 0.717) is 0 Å². The van der Waals surface area contributed by atoms with Crippen molar-refractivity contribution in [1.82, 2.24) is 5.32 Å². The summed E-state index contributed by atoms with van der Waals surface area (Å²) in [5, 5.41) is 10.4. The number of para-hydroxylation sites is 1. The number of rotatable bonds is 3. The first kappa shape index (κ1) is 21.8. The smallest absolute Gasteiger partial charge is 0.170 e. The van der Waals surface area contributed by atoms with Gasteiger partial charge in [-0.3, -0.25) is 0 Å². The molecule has 0 fully saturated rings. The number of hydrogen-bond donors (Lipinski definition) is 1. The fourth-order valence-electron chi connectivity index (χ4n) is 5.66. The van der Waals surface area contributed by atoms with Crippen LogP contribution in [0.15, 0.2) is 142 Å². The molecule has 0 bridgehead atoms. The summed E-state index contributed by atoms with van der Waals surface area (Å²) in [5.74, 6) is 1.60. The summed E-state index contributed by atoms with van der Waals surface area (Å²) in [5.41, 5.74) is 4.81. The molecule has 0 radical (unpaired) electrons. The third-order valence-corrected chi connectivity index (χ3v) is 7.52. The van der Waals surface area contributed by atoms with Crippen molar-refractivity contribution < 1.29 is 4.42 Å². The van der Waals surface area contributed by atoms with Gasteiger partial charge in [0.25, 0.3) is 0 Å². The summed E-state index contributed by atoms with van der Waals surface area (Å²) >= 11 is 0. The zero-order chi connectivity index (χ0) is 25.8. The molecule has 4 nitrogen and oxygen atoms in total. The normalized spacial score (nSPS) is 15.4. The van der Waals surface area contributed by atoms with Gasteiger partial charge in [0.15, 0.2) is 6.17 Å². The van der Waals surface area contributed by atoms with Crippen molar-refractivity contribution in [3.05, 3.63) is 144 Å². The SMILES string of the molecule is c1ccc2cc(C3=NC(c4cccc5oc6ccccc6c45)N=C(c4cccc5ccccc45)N3)ccc2c1. The highest BCUT2D eigenvalue weighted by Crippen LogP contribution is 2.37. The molecule has 39 heavy (non-hydrogen) atoms. The molecule has 0 saturated heterocycles. The molecule has 0 amide bonds. The van der Waals surface area contributed by atoms with Crippen molar-refractivity contribution in [2.45, 2.75) is 6.17 Å². The average molecular weight is 502 g/mol. The van der Waals surface area contributed by atoms with Gasteiger partial charge >= 0.3 is 0 Å². The van der Waals surface area contributed by atoms with Crippen molar-refractivity contribution in [3.8, 4) is 0 Å². The first-order valence-corrected chi connectivity index (χ1v) is 13.1. The van der Waals surface area contributed by atoms with Crippen molar-refractivity contribution in [2.75, 3.05) is 0 Å². The van der Waals surface area contributed by atoms with Crippen LogP contribution in [0.5, 0.6) is 0 Å². The number of amidine groups is 2. The molecule has 1 atom stereocenters. The Balaban J connectivity index is 1.36. The number of hydrogen-bond acceptors (Lipinski definition) is 4. The third-order valence-electron chi connectivity index (χ3n) is 7.52. The largest absolute Gasteiger partial charge is 0.456 e. The fraction of sp³-hybridized carbons (Fsp3) is 0.0286. The lowest BCUT2D eigenvalue weighted by Crippen LogP contribution is -2.36. The lowest BCUT2D eigenvalue weighted by atomic mass is 10.0. The van der Waals surface area contributed by atoms with Gasteiger partial charge in [-0.05, 0) is 39.7 Å². The fourth-order valence-corrected chi connectivity index (χ4v) is 5.66. The summed E-state index contributed by atoms with van der Waals surface area (Å²) in [4.78, 5) is 10.4. The molecule has 6 aromatic carbocycles. The van der Waals surface area contributed by atoms with Gasteiger partial charge in [-0.25, -0.2) is 9.98 Å². The van der Waals surface area contributed by atoms with Crippen LogP contribution < -0.4 is 5.32 Å². The van der Waals surface area contributed by atoms with Gasteiger partial charge in [-0.2, -0.15) is 0 Å². The third kappa shape index (κ3) is 3.61. The minimum absolute atomic E-state index is 0.439. The summed E-state index contributed by atoms with van der Waals surface area (Å²) in [6.07, 6.45) is -0.439. The minimum Gasteiger partial charge on any atom is -0.456 e. The second-order valence-electron chi connectivity index (χ2n) is 9.86. The van der Waals surface area contributed by atoms with Crippen LogP contribution in [0.25, 0.3) is 43.5 Å². The molecule has 1 aliphatic rings. The average Bonchev–Trinajstić information content (AvgIpc) is 3.39. The number of aliphatic imine (C=N–C) groups is 2. The van der Waals surface area contributed by atoms with E-state index in [1.54, 1.807) is 0 Å². The van der Waals surface area contributed by atoms with Crippen LogP contribution in [0, 0.1) is 0 Å². The van der Waals surface area contributed by atoms with Crippen molar-refractivity contribution >= 4 is 55.2 Å². The Bertz CT molecular complexity index is 2110. The van der Waals surface area contributed by atoms with E-state index in [2.05, 4.69) is 102 Å². The molecule has 0 spiro atoms. The zero-order valence-electron chi connectivity index (χ0n) is 21.0. The van der Waals surface area contributed by atoms with E-state index < -0.39 is 6.17 Å². The monoisotopic (exact) mass is 501 g/mol. The lowest BCUT2D eigenvalue weighted by Gasteiger charge is -2.23. The van der Waals surface area contributed by atoms with Crippen LogP contribution in [0.1, 0.15) is 22.9 Å². The van der Waals surface area contributed by atoms with E-state index in [9.17, 15) is 0 Å². The molecule has 0 aliphatic carbocycles. The highest BCUT2D eigenvalue weighted by Gasteiger charge is 2.24. The van der Waals surface area contributed by atoms with Gasteiger partial charge < -0.3 is 9.73 Å². The molecular weight excluding hydrogens is 478 g/mol. The highest BCUT2D eigenvalue weighted by molar-refractivity contribution is 6.20. The van der Waals surface area contributed by atoms with Crippen molar-refractivity contribution in [2.24, 2.45) is 9.98 Å². The zero-order valence-corrected chi connectivity index (χ0v) is 21.0. The van der Waals surface area contributed by atoms with Crippen LogP contribution in [0.2, 0.25) is 0 Å². The van der Waals surface area contributed by atoms with Crippen LogP contribution in [0.3, 0.4) is 0 Å². The van der Waals surface area contributed by atoms with E-state index >= 15 is 0 Å². The molecule has 1 aliphatic heterocycles. The molecule has 2 heterocycles. The molecule has 1 unspecified atom stereocenters. The summed E-state index contributed by atoms with van der Waals surface area (Å²) < 4.78 is 6.20. The summed E-state index contributed by atoms with van der Waals surface area (Å²) in [6.45, 7) is 0. The predicted octanol–water partition coefficient (Wildman–Crippen LogP) is 8.39. The van der Waals surface area contributed by atoms with E-state index in [1.165, 1.54) is 16.2 Å². The Morgan fingerprint density at radius 3 is 2.15 bits per heavy atom. The number of furan rings is 1. The highest BCUT2D eigenvalue weighted by atomic mass is 16.3. The van der Waals surface area contributed by atoms with Gasteiger partial charge in [0.05, 0.1) is 0 Å². The van der Waals surface area contributed by atoms with E-state index in [-0.39, 0.29) is 0 Å². The van der Waals surface area contributed by atoms with Crippen LogP contribution in [-0.4, -0.2) is 11.7 Å². The molecular formula is C35H23N3O. The molecule has 8 rings (SSSR count). The second-order valence-corrected chi connectivity index (χ2v) is 9.86. The van der Waals surface area contributed by atoms with Crippen LogP contribution in [-0.2, 0) is 0 Å². The molecule has 4 heteroatoms. The topological polar surface area (TPSA) is 49.9 Å². The Kier molecular flexibility index (Phi) is 4.85. The Hall–Kier alpha value is -5.22. The number of benzene rings is 6. The van der Waals surface area contributed by atoms with E-state index in [1.807, 2.05) is 30.3 Å². The standard InChI is InChI=1S/C35H23N3O/c1-2-11-24-21-25(20-19-22(24)9-1)33-36-34(27-15-7-12-23-10-3-4-13-26(23)27)38-35(37-33)29-16-8-18-31-32(29)28-14-5-6-17-30(28)39-31/h1-21,35H,(H,36,37,38). The van der Waals surface area contributed by atoms with E-state index in [4.69, 9.17) is 14.4 Å². The van der Waals surface area contributed by atoms with Gasteiger partial charge in [0.2, 0.25) is 0 Å². The minimum atomic E-state index is -0.439. The predicted molar refractivity (Wildman–Crippen MR) is 161 cm³/mol. The number of nitrogens with one attached hydrogen (secondary N) is 1. The molecule has 1 N–H and O–H groups in total.